The Bertz CT molecular complexity index is 292. The Kier molecular flexibility index (Phi) is 2.48. The normalized spacial score (nSPS) is 9.58. The SMILES string of the molecule is C=Cc1ccc(F)cc1N(C)C. The van der Waals surface area contributed by atoms with E-state index in [9.17, 15) is 4.39 Å². The summed E-state index contributed by atoms with van der Waals surface area (Å²) >= 11 is 0. The number of benzene rings is 1. The van der Waals surface area contributed by atoms with E-state index in [1.165, 1.54) is 12.1 Å². The second-order valence-electron chi connectivity index (χ2n) is 2.80. The minimum Gasteiger partial charge on any atom is -0.377 e. The first-order chi connectivity index (χ1) is 5.65. The Morgan fingerprint density at radius 1 is 1.42 bits per heavy atom. The molecule has 0 aliphatic rings. The van der Waals surface area contributed by atoms with E-state index >= 15 is 0 Å². The Morgan fingerprint density at radius 3 is 2.58 bits per heavy atom. The molecule has 0 unspecified atom stereocenters. The van der Waals surface area contributed by atoms with E-state index in [4.69, 9.17) is 0 Å². The molecule has 0 spiro atoms. The fraction of sp³-hybridized carbons (Fsp3) is 0.200. The van der Waals surface area contributed by atoms with Crippen LogP contribution in [0.1, 0.15) is 5.56 Å². The molecule has 0 aromatic heterocycles. The molecule has 64 valence electrons. The quantitative estimate of drug-likeness (QED) is 0.651. The molecule has 0 heterocycles. The lowest BCUT2D eigenvalue weighted by Crippen LogP contribution is -2.10. The van der Waals surface area contributed by atoms with Crippen LogP contribution in [0.3, 0.4) is 0 Å². The summed E-state index contributed by atoms with van der Waals surface area (Å²) in [7, 11) is 3.75. The lowest BCUT2D eigenvalue weighted by atomic mass is 10.1. The van der Waals surface area contributed by atoms with Gasteiger partial charge in [-0.2, -0.15) is 0 Å². The first-order valence-corrected chi connectivity index (χ1v) is 3.74. The van der Waals surface area contributed by atoms with Crippen LogP contribution >= 0.6 is 0 Å². The van der Waals surface area contributed by atoms with Crippen LogP contribution in [0.15, 0.2) is 24.8 Å². The molecule has 0 aliphatic carbocycles. The molecule has 0 saturated heterocycles. The highest BCUT2D eigenvalue weighted by atomic mass is 19.1. The van der Waals surface area contributed by atoms with E-state index in [1.807, 2.05) is 19.0 Å². The summed E-state index contributed by atoms with van der Waals surface area (Å²) in [4.78, 5) is 1.86. The molecular formula is C10H12FN. The summed E-state index contributed by atoms with van der Waals surface area (Å²) in [6.45, 7) is 3.65. The molecule has 12 heavy (non-hydrogen) atoms. The van der Waals surface area contributed by atoms with Crippen molar-refractivity contribution >= 4 is 11.8 Å². The van der Waals surface area contributed by atoms with E-state index in [2.05, 4.69) is 6.58 Å². The summed E-state index contributed by atoms with van der Waals surface area (Å²) in [5.41, 5.74) is 1.80. The number of rotatable bonds is 2. The van der Waals surface area contributed by atoms with Crippen molar-refractivity contribution in [3.05, 3.63) is 36.2 Å². The Labute approximate surface area is 72.1 Å². The molecule has 0 amide bonds. The zero-order valence-electron chi connectivity index (χ0n) is 7.34. The minimum absolute atomic E-state index is 0.218. The van der Waals surface area contributed by atoms with Crippen molar-refractivity contribution in [1.82, 2.24) is 0 Å². The van der Waals surface area contributed by atoms with E-state index < -0.39 is 0 Å². The van der Waals surface area contributed by atoms with E-state index in [0.29, 0.717) is 0 Å². The Balaban J connectivity index is 3.21. The molecule has 1 nitrogen and oxygen atoms in total. The number of anilines is 1. The zero-order valence-corrected chi connectivity index (χ0v) is 7.34. The van der Waals surface area contributed by atoms with Gasteiger partial charge in [0.2, 0.25) is 0 Å². The molecule has 0 bridgehead atoms. The standard InChI is InChI=1S/C10H12FN/c1-4-8-5-6-9(11)7-10(8)12(2)3/h4-7H,1H2,2-3H3. The maximum Gasteiger partial charge on any atom is 0.125 e. The van der Waals surface area contributed by atoms with Gasteiger partial charge in [0, 0.05) is 19.8 Å². The second kappa shape index (κ2) is 3.39. The molecule has 0 aliphatic heterocycles. The third kappa shape index (κ3) is 1.64. The van der Waals surface area contributed by atoms with Crippen molar-refractivity contribution in [2.75, 3.05) is 19.0 Å². The van der Waals surface area contributed by atoms with Crippen LogP contribution in [0.25, 0.3) is 6.08 Å². The lowest BCUT2D eigenvalue weighted by molar-refractivity contribution is 0.627. The van der Waals surface area contributed by atoms with Crippen LogP contribution in [0.5, 0.6) is 0 Å². The fourth-order valence-corrected chi connectivity index (χ4v) is 1.08. The molecule has 0 N–H and O–H groups in total. The van der Waals surface area contributed by atoms with E-state index in [0.717, 1.165) is 11.3 Å². The second-order valence-corrected chi connectivity index (χ2v) is 2.80. The molecule has 0 fully saturated rings. The third-order valence-corrected chi connectivity index (χ3v) is 1.69. The van der Waals surface area contributed by atoms with Crippen LogP contribution in [0, 0.1) is 5.82 Å². The summed E-state index contributed by atoms with van der Waals surface area (Å²) in [5, 5.41) is 0. The highest BCUT2D eigenvalue weighted by Crippen LogP contribution is 2.20. The summed E-state index contributed by atoms with van der Waals surface area (Å²) < 4.78 is 12.8. The predicted molar refractivity (Wildman–Crippen MR) is 50.8 cm³/mol. The van der Waals surface area contributed by atoms with Gasteiger partial charge in [0.05, 0.1) is 0 Å². The highest BCUT2D eigenvalue weighted by Gasteiger charge is 2.02. The number of hydrogen-bond donors (Lipinski definition) is 0. The summed E-state index contributed by atoms with van der Waals surface area (Å²) in [6, 6.07) is 4.65. The Hall–Kier alpha value is -1.31. The molecule has 0 radical (unpaired) electrons. The van der Waals surface area contributed by atoms with Crippen molar-refractivity contribution in [3.8, 4) is 0 Å². The highest BCUT2D eigenvalue weighted by molar-refractivity contribution is 5.66. The molecule has 1 aromatic carbocycles. The predicted octanol–water partition coefficient (Wildman–Crippen LogP) is 2.53. The number of hydrogen-bond acceptors (Lipinski definition) is 1. The van der Waals surface area contributed by atoms with Crippen LogP contribution in [0.2, 0.25) is 0 Å². The molecule has 0 atom stereocenters. The van der Waals surface area contributed by atoms with Crippen molar-refractivity contribution in [3.63, 3.8) is 0 Å². The zero-order chi connectivity index (χ0) is 9.14. The maximum atomic E-state index is 12.8. The molecule has 1 rings (SSSR count). The van der Waals surface area contributed by atoms with Crippen molar-refractivity contribution in [2.24, 2.45) is 0 Å². The minimum atomic E-state index is -0.218. The van der Waals surface area contributed by atoms with Gasteiger partial charge >= 0.3 is 0 Å². The monoisotopic (exact) mass is 165 g/mol. The number of halogens is 1. The van der Waals surface area contributed by atoms with Gasteiger partial charge in [-0.15, -0.1) is 0 Å². The van der Waals surface area contributed by atoms with Crippen molar-refractivity contribution in [1.29, 1.82) is 0 Å². The van der Waals surface area contributed by atoms with Gasteiger partial charge in [-0.3, -0.25) is 0 Å². The third-order valence-electron chi connectivity index (χ3n) is 1.69. The van der Waals surface area contributed by atoms with E-state index in [1.54, 1.807) is 12.1 Å². The van der Waals surface area contributed by atoms with Gasteiger partial charge in [0.15, 0.2) is 0 Å². The molecular weight excluding hydrogens is 153 g/mol. The first-order valence-electron chi connectivity index (χ1n) is 3.74. The summed E-state index contributed by atoms with van der Waals surface area (Å²) in [5.74, 6) is -0.218. The summed E-state index contributed by atoms with van der Waals surface area (Å²) in [6.07, 6.45) is 1.72. The van der Waals surface area contributed by atoms with Gasteiger partial charge < -0.3 is 4.90 Å². The van der Waals surface area contributed by atoms with Crippen LogP contribution in [0.4, 0.5) is 10.1 Å². The van der Waals surface area contributed by atoms with Gasteiger partial charge in [0.25, 0.3) is 0 Å². The van der Waals surface area contributed by atoms with Gasteiger partial charge in [-0.1, -0.05) is 18.7 Å². The number of nitrogens with zero attached hydrogens (tertiary/aromatic N) is 1. The fourth-order valence-electron chi connectivity index (χ4n) is 1.08. The van der Waals surface area contributed by atoms with Crippen LogP contribution < -0.4 is 4.90 Å². The van der Waals surface area contributed by atoms with Gasteiger partial charge in [-0.05, 0) is 17.7 Å². The average molecular weight is 165 g/mol. The smallest absolute Gasteiger partial charge is 0.125 e. The van der Waals surface area contributed by atoms with Crippen molar-refractivity contribution in [2.45, 2.75) is 0 Å². The van der Waals surface area contributed by atoms with Crippen LogP contribution in [-0.4, -0.2) is 14.1 Å². The average Bonchev–Trinajstić information content (AvgIpc) is 2.04. The van der Waals surface area contributed by atoms with E-state index in [-0.39, 0.29) is 5.82 Å². The Morgan fingerprint density at radius 2 is 2.08 bits per heavy atom. The maximum absolute atomic E-state index is 12.8. The molecule has 1 aromatic rings. The van der Waals surface area contributed by atoms with Gasteiger partial charge in [0.1, 0.15) is 5.82 Å². The topological polar surface area (TPSA) is 3.24 Å². The lowest BCUT2D eigenvalue weighted by Gasteiger charge is -2.15. The van der Waals surface area contributed by atoms with Gasteiger partial charge in [-0.25, -0.2) is 4.39 Å². The molecule has 2 heteroatoms. The molecule has 0 saturated carbocycles. The van der Waals surface area contributed by atoms with Crippen molar-refractivity contribution < 1.29 is 4.39 Å². The first kappa shape index (κ1) is 8.78. The largest absolute Gasteiger partial charge is 0.377 e. The van der Waals surface area contributed by atoms with Crippen LogP contribution in [-0.2, 0) is 0 Å².